The number of carbonyl (C=O) groups excluding carboxylic acids is 1. The average Bonchev–Trinajstić information content (AvgIpc) is 3.43. The second-order valence-electron chi connectivity index (χ2n) is 9.58. The van der Waals surface area contributed by atoms with E-state index in [2.05, 4.69) is 46.2 Å². The van der Waals surface area contributed by atoms with Gasteiger partial charge in [-0.05, 0) is 42.3 Å². The largest absolute Gasteiger partial charge is 0.462 e. The number of fused-ring (bicyclic) bond motifs is 1. The Morgan fingerprint density at radius 1 is 0.718 bits per heavy atom. The van der Waals surface area contributed by atoms with E-state index in [1.54, 1.807) is 0 Å². The van der Waals surface area contributed by atoms with E-state index in [-0.39, 0.29) is 12.6 Å². The molecular formula is C33H29N3O2S. The van der Waals surface area contributed by atoms with Crippen LogP contribution in [0.5, 0.6) is 0 Å². The summed E-state index contributed by atoms with van der Waals surface area (Å²) in [5.74, 6) is -0.373. The topological polar surface area (TPSA) is 36.0 Å². The second-order valence-corrected chi connectivity index (χ2v) is 9.97. The van der Waals surface area contributed by atoms with Crippen LogP contribution >= 0.6 is 12.2 Å². The van der Waals surface area contributed by atoms with Gasteiger partial charge in [-0.2, -0.15) is 0 Å². The van der Waals surface area contributed by atoms with Crippen molar-refractivity contribution >= 4 is 40.2 Å². The maximum atomic E-state index is 13.8. The molecule has 0 aromatic heterocycles. The van der Waals surface area contributed by atoms with Gasteiger partial charge in [0.25, 0.3) is 0 Å². The molecule has 0 saturated carbocycles. The summed E-state index contributed by atoms with van der Waals surface area (Å²) in [5.41, 5.74) is 4.61. The third-order valence-electron chi connectivity index (χ3n) is 7.29. The minimum atomic E-state index is -1.08. The zero-order chi connectivity index (χ0) is 26.8. The van der Waals surface area contributed by atoms with E-state index in [0.717, 1.165) is 28.2 Å². The Labute approximate surface area is 234 Å². The molecule has 4 aromatic carbocycles. The van der Waals surface area contributed by atoms with Crippen LogP contribution in [0.1, 0.15) is 18.1 Å². The van der Waals surface area contributed by atoms with Gasteiger partial charge < -0.3 is 19.4 Å². The molecule has 0 unspecified atom stereocenters. The molecule has 0 bridgehead atoms. The van der Waals surface area contributed by atoms with Crippen molar-refractivity contribution in [3.8, 4) is 0 Å². The molecule has 0 saturated heterocycles. The SMILES string of the molecule is CCOC(=O)C1=CN(c2ccccc2)C(=S)C12N(Cc1ccccc1)c1ccccc1N2Cc1ccccc1. The van der Waals surface area contributed by atoms with Gasteiger partial charge in [-0.3, -0.25) is 0 Å². The molecule has 2 aliphatic heterocycles. The Morgan fingerprint density at radius 2 is 1.18 bits per heavy atom. The van der Waals surface area contributed by atoms with Gasteiger partial charge in [-0.15, -0.1) is 0 Å². The normalized spacial score (nSPS) is 15.5. The highest BCUT2D eigenvalue weighted by atomic mass is 32.1. The summed E-state index contributed by atoms with van der Waals surface area (Å²) in [6.45, 7) is 3.22. The molecule has 194 valence electrons. The molecule has 2 aliphatic rings. The van der Waals surface area contributed by atoms with Crippen molar-refractivity contribution in [1.82, 2.24) is 0 Å². The van der Waals surface area contributed by atoms with Crippen molar-refractivity contribution in [2.24, 2.45) is 0 Å². The van der Waals surface area contributed by atoms with Crippen LogP contribution in [0.3, 0.4) is 0 Å². The highest BCUT2D eigenvalue weighted by molar-refractivity contribution is 7.81. The molecule has 0 radical (unpaired) electrons. The van der Waals surface area contributed by atoms with Crippen molar-refractivity contribution in [3.05, 3.63) is 138 Å². The maximum absolute atomic E-state index is 13.8. The molecule has 0 atom stereocenters. The Kier molecular flexibility index (Phi) is 6.63. The minimum absolute atomic E-state index is 0.272. The predicted molar refractivity (Wildman–Crippen MR) is 161 cm³/mol. The van der Waals surface area contributed by atoms with Crippen LogP contribution in [-0.4, -0.2) is 23.2 Å². The first-order chi connectivity index (χ1) is 19.1. The molecule has 39 heavy (non-hydrogen) atoms. The zero-order valence-electron chi connectivity index (χ0n) is 21.7. The molecule has 5 nitrogen and oxygen atoms in total. The first-order valence-corrected chi connectivity index (χ1v) is 13.6. The number of ether oxygens (including phenoxy) is 1. The zero-order valence-corrected chi connectivity index (χ0v) is 22.6. The van der Waals surface area contributed by atoms with Gasteiger partial charge in [0.15, 0.2) is 0 Å². The first-order valence-electron chi connectivity index (χ1n) is 13.1. The molecule has 4 aromatic rings. The molecule has 0 amide bonds. The number of benzene rings is 4. The van der Waals surface area contributed by atoms with Gasteiger partial charge in [0.1, 0.15) is 10.6 Å². The van der Waals surface area contributed by atoms with Gasteiger partial charge in [0.2, 0.25) is 5.66 Å². The predicted octanol–water partition coefficient (Wildman–Crippen LogP) is 6.70. The number of hydrogen-bond acceptors (Lipinski definition) is 5. The summed E-state index contributed by atoms with van der Waals surface area (Å²) >= 11 is 6.39. The Balaban J connectivity index is 1.60. The third kappa shape index (κ3) is 4.17. The van der Waals surface area contributed by atoms with Crippen molar-refractivity contribution in [1.29, 1.82) is 0 Å². The lowest BCUT2D eigenvalue weighted by Gasteiger charge is -2.45. The molecule has 1 spiro atoms. The molecule has 6 rings (SSSR count). The summed E-state index contributed by atoms with van der Waals surface area (Å²) in [6, 6.07) is 38.9. The van der Waals surface area contributed by atoms with Crippen LogP contribution in [0.15, 0.2) is 127 Å². The van der Waals surface area contributed by atoms with Crippen LogP contribution in [0.2, 0.25) is 0 Å². The van der Waals surface area contributed by atoms with Crippen LogP contribution in [0.25, 0.3) is 0 Å². The van der Waals surface area contributed by atoms with Crippen LogP contribution < -0.4 is 14.7 Å². The molecule has 6 heteroatoms. The summed E-state index contributed by atoms with van der Waals surface area (Å²) in [6.07, 6.45) is 1.87. The Hall–Kier alpha value is -4.42. The number of esters is 1. The van der Waals surface area contributed by atoms with Crippen molar-refractivity contribution in [2.45, 2.75) is 25.7 Å². The van der Waals surface area contributed by atoms with Gasteiger partial charge in [-0.1, -0.05) is 103 Å². The number of para-hydroxylation sites is 3. The second kappa shape index (κ2) is 10.4. The number of nitrogens with zero attached hydrogens (tertiary/aromatic N) is 3. The quantitative estimate of drug-likeness (QED) is 0.195. The van der Waals surface area contributed by atoms with E-state index in [4.69, 9.17) is 17.0 Å². The Bertz CT molecular complexity index is 1450. The van der Waals surface area contributed by atoms with E-state index in [1.165, 1.54) is 0 Å². The third-order valence-corrected chi connectivity index (χ3v) is 7.77. The van der Waals surface area contributed by atoms with Crippen LogP contribution in [0.4, 0.5) is 17.1 Å². The molecular weight excluding hydrogens is 502 g/mol. The number of thiocarbonyl (C=S) groups is 1. The summed E-state index contributed by atoms with van der Waals surface area (Å²) in [5, 5.41) is 0. The average molecular weight is 532 g/mol. The van der Waals surface area contributed by atoms with E-state index in [0.29, 0.717) is 23.7 Å². The lowest BCUT2D eigenvalue weighted by molar-refractivity contribution is -0.139. The minimum Gasteiger partial charge on any atom is -0.462 e. The summed E-state index contributed by atoms with van der Waals surface area (Å²) < 4.78 is 5.69. The van der Waals surface area contributed by atoms with Crippen LogP contribution in [0, 0.1) is 0 Å². The van der Waals surface area contributed by atoms with Gasteiger partial charge >= 0.3 is 5.97 Å². The lowest BCUT2D eigenvalue weighted by atomic mass is 9.97. The van der Waals surface area contributed by atoms with Crippen LogP contribution in [-0.2, 0) is 22.6 Å². The highest BCUT2D eigenvalue weighted by Crippen LogP contribution is 2.53. The number of anilines is 3. The summed E-state index contributed by atoms with van der Waals surface area (Å²) in [4.78, 5) is 21.0. The van der Waals surface area contributed by atoms with Gasteiger partial charge in [-0.25, -0.2) is 4.79 Å². The number of carbonyl (C=O) groups is 1. The van der Waals surface area contributed by atoms with Crippen molar-refractivity contribution < 1.29 is 9.53 Å². The fourth-order valence-electron chi connectivity index (χ4n) is 5.61. The lowest BCUT2D eigenvalue weighted by Crippen LogP contribution is -2.64. The summed E-state index contributed by atoms with van der Waals surface area (Å²) in [7, 11) is 0. The number of hydrogen-bond donors (Lipinski definition) is 0. The molecule has 0 fully saturated rings. The smallest absolute Gasteiger partial charge is 0.340 e. The molecule has 0 N–H and O–H groups in total. The van der Waals surface area contributed by atoms with Crippen molar-refractivity contribution in [2.75, 3.05) is 21.3 Å². The first kappa shape index (κ1) is 24.9. The van der Waals surface area contributed by atoms with Crippen molar-refractivity contribution in [3.63, 3.8) is 0 Å². The maximum Gasteiger partial charge on any atom is 0.340 e. The Morgan fingerprint density at radius 3 is 1.67 bits per heavy atom. The van der Waals surface area contributed by atoms with E-state index < -0.39 is 5.66 Å². The standard InChI is InChI=1S/C33H29N3O2S/c1-2-38-31(37)28-24-34(27-18-10-5-11-19-27)32(39)33(28)35(22-25-14-6-3-7-15-25)29-20-12-13-21-30(29)36(33)23-26-16-8-4-9-17-26/h3-21,24H,2,22-23H2,1H3. The fraction of sp³-hybridized carbons (Fsp3) is 0.152. The number of rotatable bonds is 7. The fourth-order valence-corrected chi connectivity index (χ4v) is 6.10. The molecule has 2 heterocycles. The monoisotopic (exact) mass is 531 g/mol. The van der Waals surface area contributed by atoms with Gasteiger partial charge in [0, 0.05) is 25.0 Å². The van der Waals surface area contributed by atoms with E-state index >= 15 is 0 Å². The highest BCUT2D eigenvalue weighted by Gasteiger charge is 2.62. The van der Waals surface area contributed by atoms with Gasteiger partial charge in [0.05, 0.1) is 18.0 Å². The van der Waals surface area contributed by atoms with E-state index in [9.17, 15) is 4.79 Å². The molecule has 0 aliphatic carbocycles. The van der Waals surface area contributed by atoms with E-state index in [1.807, 2.05) is 96.9 Å².